The third kappa shape index (κ3) is 6.77. The molecule has 0 unspecified atom stereocenters. The number of fused-ring (bicyclic) bond motifs is 7. The molecule has 13 rings (SSSR count). The molecule has 0 atom stereocenters. The molecule has 0 aliphatic heterocycles. The zero-order valence-electron chi connectivity index (χ0n) is 36.7. The third-order valence-electron chi connectivity index (χ3n) is 12.9. The molecule has 68 heavy (non-hydrogen) atoms. The van der Waals surface area contributed by atoms with Crippen molar-refractivity contribution in [2.45, 2.75) is 0 Å². The van der Waals surface area contributed by atoms with E-state index >= 15 is 0 Å². The molecule has 0 radical (unpaired) electrons. The first kappa shape index (κ1) is 39.5. The zero-order chi connectivity index (χ0) is 45.0. The lowest BCUT2D eigenvalue weighted by Crippen LogP contribution is -2.02. The van der Waals surface area contributed by atoms with Gasteiger partial charge in [0.2, 0.25) is 0 Å². The Bertz CT molecular complexity index is 3940. The Kier molecular flexibility index (Phi) is 9.62. The second-order valence-corrected chi connectivity index (χ2v) is 18.0. The Morgan fingerprint density at radius 2 is 0.912 bits per heavy atom. The van der Waals surface area contributed by atoms with Crippen LogP contribution in [-0.4, -0.2) is 24.5 Å². The molecule has 4 heterocycles. The summed E-state index contributed by atoms with van der Waals surface area (Å²) in [6.45, 7) is 0. The van der Waals surface area contributed by atoms with Crippen LogP contribution in [-0.2, 0) is 0 Å². The highest BCUT2D eigenvalue weighted by Crippen LogP contribution is 2.48. The van der Waals surface area contributed by atoms with Crippen LogP contribution in [0.3, 0.4) is 0 Å². The van der Waals surface area contributed by atoms with Gasteiger partial charge in [-0.2, -0.15) is 0 Å². The monoisotopic (exact) mass is 885 g/mol. The van der Waals surface area contributed by atoms with E-state index in [1.165, 1.54) is 37.3 Å². The summed E-state index contributed by atoms with van der Waals surface area (Å²) in [6.07, 6.45) is 2.03. The fraction of sp³-hybridized carbons (Fsp3) is 0. The lowest BCUT2D eigenvalue weighted by molar-refractivity contribution is 1.07. The number of hydrogen-bond donors (Lipinski definition) is 0. The van der Waals surface area contributed by atoms with Crippen LogP contribution in [0.15, 0.2) is 237 Å². The Balaban J connectivity index is 1.09. The molecule has 0 saturated heterocycles. The first-order chi connectivity index (χ1) is 33.7. The normalized spacial score (nSPS) is 11.5. The summed E-state index contributed by atoms with van der Waals surface area (Å²) in [5.41, 5.74) is 14.5. The SMILES string of the molecule is c1ccc(-c2ccc(-c3ccccc3)c(-c3cnc(-c4cccc5c4sc4ccc6c(c7ccccc7n6-c6ccccc6)c45)c(-c4nc(-c5ccccc5)nc(-c5ccccc5)n4)c3)c2)cc1. The van der Waals surface area contributed by atoms with Crippen molar-refractivity contribution >= 4 is 53.3 Å². The molecule has 0 N–H and O–H groups in total. The standard InChI is InChI=1S/C62H39N5S/c1-6-19-40(20-7-1)44-33-34-47(41-21-8-2-9-22-41)51(37-44)45-38-52(62-65-60(42-23-10-3-11-24-42)64-61(66-62)43-25-12-4-13-26-43)58(63-39-45)50-31-18-30-49-57-55(68-59(49)50)36-35-54-56(57)48-29-16-17-32-53(48)67(54)46-27-14-5-15-28-46/h1-39H. The zero-order valence-corrected chi connectivity index (χ0v) is 37.5. The van der Waals surface area contributed by atoms with Gasteiger partial charge in [-0.05, 0) is 70.3 Å². The molecule has 0 amide bonds. The summed E-state index contributed by atoms with van der Waals surface area (Å²) in [4.78, 5) is 21.3. The summed E-state index contributed by atoms with van der Waals surface area (Å²) in [7, 11) is 0. The van der Waals surface area contributed by atoms with Gasteiger partial charge in [-0.3, -0.25) is 4.98 Å². The molecule has 9 aromatic carbocycles. The van der Waals surface area contributed by atoms with Crippen LogP contribution >= 0.6 is 11.3 Å². The van der Waals surface area contributed by atoms with Crippen molar-refractivity contribution in [1.82, 2.24) is 24.5 Å². The summed E-state index contributed by atoms with van der Waals surface area (Å²) in [5.74, 6) is 1.74. The number of pyridine rings is 1. The molecular weight excluding hydrogens is 847 g/mol. The van der Waals surface area contributed by atoms with E-state index in [2.05, 4.69) is 199 Å². The van der Waals surface area contributed by atoms with Crippen molar-refractivity contribution in [3.05, 3.63) is 237 Å². The maximum absolute atomic E-state index is 5.52. The summed E-state index contributed by atoms with van der Waals surface area (Å²) in [6, 6.07) is 81.1. The second-order valence-electron chi connectivity index (χ2n) is 17.0. The van der Waals surface area contributed by atoms with Crippen molar-refractivity contribution in [2.75, 3.05) is 0 Å². The van der Waals surface area contributed by atoms with E-state index in [-0.39, 0.29) is 0 Å². The van der Waals surface area contributed by atoms with Crippen LogP contribution < -0.4 is 0 Å². The van der Waals surface area contributed by atoms with E-state index in [0.29, 0.717) is 17.5 Å². The van der Waals surface area contributed by atoms with Crippen LogP contribution in [0, 0.1) is 0 Å². The molecule has 0 saturated carbocycles. The minimum Gasteiger partial charge on any atom is -0.309 e. The van der Waals surface area contributed by atoms with Gasteiger partial charge in [-0.25, -0.2) is 15.0 Å². The van der Waals surface area contributed by atoms with Crippen LogP contribution in [0.25, 0.3) is 126 Å². The van der Waals surface area contributed by atoms with E-state index in [4.69, 9.17) is 19.9 Å². The fourth-order valence-electron chi connectivity index (χ4n) is 9.78. The minimum atomic E-state index is 0.550. The number of hydrogen-bond acceptors (Lipinski definition) is 5. The van der Waals surface area contributed by atoms with Gasteiger partial charge < -0.3 is 4.57 Å². The predicted octanol–water partition coefficient (Wildman–Crippen LogP) is 16.4. The molecular formula is C62H39N5S. The quantitative estimate of drug-likeness (QED) is 0.153. The lowest BCUT2D eigenvalue weighted by atomic mass is 9.90. The van der Waals surface area contributed by atoms with Gasteiger partial charge in [0.05, 0.1) is 16.7 Å². The lowest BCUT2D eigenvalue weighted by Gasteiger charge is -2.16. The highest BCUT2D eigenvalue weighted by Gasteiger charge is 2.24. The van der Waals surface area contributed by atoms with Gasteiger partial charge >= 0.3 is 0 Å². The number of nitrogens with zero attached hydrogens (tertiary/aromatic N) is 5. The number of rotatable bonds is 8. The first-order valence-electron chi connectivity index (χ1n) is 22.8. The number of thiophene rings is 1. The predicted molar refractivity (Wildman–Crippen MR) is 283 cm³/mol. The van der Waals surface area contributed by atoms with E-state index in [1.54, 1.807) is 0 Å². The van der Waals surface area contributed by atoms with Gasteiger partial charge in [0.15, 0.2) is 17.5 Å². The molecule has 13 aromatic rings. The molecule has 0 spiro atoms. The average molecular weight is 886 g/mol. The van der Waals surface area contributed by atoms with Crippen LogP contribution in [0.2, 0.25) is 0 Å². The molecule has 0 aliphatic carbocycles. The molecule has 0 bridgehead atoms. The Morgan fingerprint density at radius 1 is 0.338 bits per heavy atom. The maximum atomic E-state index is 5.52. The van der Waals surface area contributed by atoms with Gasteiger partial charge in [0.1, 0.15) is 0 Å². The first-order valence-corrected chi connectivity index (χ1v) is 23.6. The van der Waals surface area contributed by atoms with Gasteiger partial charge in [-0.1, -0.05) is 188 Å². The van der Waals surface area contributed by atoms with Crippen molar-refractivity contribution in [2.24, 2.45) is 0 Å². The van der Waals surface area contributed by atoms with Gasteiger partial charge in [0.25, 0.3) is 0 Å². The Hall–Kier alpha value is -8.84. The highest BCUT2D eigenvalue weighted by molar-refractivity contribution is 7.26. The Labute approximate surface area is 397 Å². The summed E-state index contributed by atoms with van der Waals surface area (Å²) in [5, 5.41) is 4.91. The molecule has 6 heteroatoms. The van der Waals surface area contributed by atoms with Crippen LogP contribution in [0.4, 0.5) is 0 Å². The number of benzene rings is 9. The van der Waals surface area contributed by atoms with Crippen LogP contribution in [0.1, 0.15) is 0 Å². The summed E-state index contributed by atoms with van der Waals surface area (Å²) >= 11 is 1.81. The average Bonchev–Trinajstić information content (AvgIpc) is 3.98. The van der Waals surface area contributed by atoms with E-state index in [0.717, 1.165) is 71.7 Å². The van der Waals surface area contributed by atoms with Crippen molar-refractivity contribution < 1.29 is 0 Å². The highest BCUT2D eigenvalue weighted by atomic mass is 32.1. The van der Waals surface area contributed by atoms with E-state index in [1.807, 2.05) is 53.9 Å². The molecule has 4 aromatic heterocycles. The minimum absolute atomic E-state index is 0.550. The van der Waals surface area contributed by atoms with Crippen molar-refractivity contribution in [3.8, 4) is 84.5 Å². The molecule has 0 fully saturated rings. The maximum Gasteiger partial charge on any atom is 0.166 e. The fourth-order valence-corrected chi connectivity index (χ4v) is 11.0. The second kappa shape index (κ2) is 16.5. The van der Waals surface area contributed by atoms with Crippen LogP contribution in [0.5, 0.6) is 0 Å². The van der Waals surface area contributed by atoms with Crippen molar-refractivity contribution in [1.29, 1.82) is 0 Å². The van der Waals surface area contributed by atoms with Gasteiger partial charge in [-0.15, -0.1) is 11.3 Å². The van der Waals surface area contributed by atoms with Gasteiger partial charge in [0, 0.05) is 70.6 Å². The molecule has 0 aliphatic rings. The smallest absolute Gasteiger partial charge is 0.166 e. The largest absolute Gasteiger partial charge is 0.309 e. The number of aromatic nitrogens is 5. The Morgan fingerprint density at radius 3 is 1.60 bits per heavy atom. The van der Waals surface area contributed by atoms with E-state index < -0.39 is 0 Å². The summed E-state index contributed by atoms with van der Waals surface area (Å²) < 4.78 is 4.77. The number of para-hydroxylation sites is 2. The molecule has 318 valence electrons. The van der Waals surface area contributed by atoms with Crippen molar-refractivity contribution in [3.63, 3.8) is 0 Å². The molecule has 5 nitrogen and oxygen atoms in total. The van der Waals surface area contributed by atoms with E-state index in [9.17, 15) is 0 Å². The third-order valence-corrected chi connectivity index (χ3v) is 14.1. The topological polar surface area (TPSA) is 56.5 Å².